The largest absolute Gasteiger partial charge is 0.495 e. The Morgan fingerprint density at radius 2 is 2.32 bits per heavy atom. The van der Waals surface area contributed by atoms with Crippen molar-refractivity contribution in [1.82, 2.24) is 15.5 Å². The summed E-state index contributed by atoms with van der Waals surface area (Å²) in [6.45, 7) is 1.88. The van der Waals surface area contributed by atoms with Gasteiger partial charge in [0.25, 0.3) is 5.91 Å². The van der Waals surface area contributed by atoms with Crippen LogP contribution in [0.3, 0.4) is 0 Å². The number of methoxy groups -OCH3 is 1. The number of amides is 1. The van der Waals surface area contributed by atoms with Gasteiger partial charge in [-0.15, -0.1) is 0 Å². The average molecular weight is 262 g/mol. The van der Waals surface area contributed by atoms with Crippen molar-refractivity contribution in [3.05, 3.63) is 35.5 Å². The zero-order valence-electron chi connectivity index (χ0n) is 10.6. The molecule has 0 fully saturated rings. The number of nitrogens with one attached hydrogen (secondary N) is 1. The number of aryl methyl sites for hydroxylation is 1. The Kier molecular flexibility index (Phi) is 3.65. The van der Waals surface area contributed by atoms with Gasteiger partial charge < -0.3 is 20.3 Å². The smallest absolute Gasteiger partial charge is 0.251 e. The van der Waals surface area contributed by atoms with Gasteiger partial charge in [-0.1, -0.05) is 5.16 Å². The lowest BCUT2D eigenvalue weighted by Crippen LogP contribution is -2.23. The molecule has 1 amide bonds. The number of ether oxygens (including phenoxy) is 1. The second-order valence-corrected chi connectivity index (χ2v) is 3.87. The maximum absolute atomic E-state index is 11.9. The first kappa shape index (κ1) is 12.9. The minimum absolute atomic E-state index is 0.197. The summed E-state index contributed by atoms with van der Waals surface area (Å²) in [4.78, 5) is 15.9. The van der Waals surface area contributed by atoms with Crippen molar-refractivity contribution in [3.63, 3.8) is 0 Å². The van der Waals surface area contributed by atoms with Gasteiger partial charge in [0.1, 0.15) is 5.75 Å². The van der Waals surface area contributed by atoms with E-state index in [0.29, 0.717) is 28.7 Å². The molecule has 1 aromatic heterocycles. The zero-order chi connectivity index (χ0) is 13.8. The van der Waals surface area contributed by atoms with Gasteiger partial charge in [0.05, 0.1) is 19.3 Å². The number of carbonyl (C=O) groups excluding carboxylic acids is 1. The molecule has 0 saturated heterocycles. The van der Waals surface area contributed by atoms with Gasteiger partial charge in [0.2, 0.25) is 5.89 Å². The Balaban J connectivity index is 2.01. The van der Waals surface area contributed by atoms with Crippen molar-refractivity contribution in [2.24, 2.45) is 0 Å². The van der Waals surface area contributed by atoms with E-state index < -0.39 is 0 Å². The van der Waals surface area contributed by atoms with E-state index in [4.69, 9.17) is 15.0 Å². The van der Waals surface area contributed by atoms with E-state index >= 15 is 0 Å². The van der Waals surface area contributed by atoms with Crippen molar-refractivity contribution in [1.29, 1.82) is 0 Å². The van der Waals surface area contributed by atoms with E-state index in [9.17, 15) is 4.79 Å². The molecule has 0 aliphatic heterocycles. The quantitative estimate of drug-likeness (QED) is 0.793. The van der Waals surface area contributed by atoms with Gasteiger partial charge in [0.15, 0.2) is 5.82 Å². The first-order valence-electron chi connectivity index (χ1n) is 5.61. The van der Waals surface area contributed by atoms with Gasteiger partial charge in [-0.2, -0.15) is 4.98 Å². The molecule has 0 bridgehead atoms. The van der Waals surface area contributed by atoms with Gasteiger partial charge >= 0.3 is 0 Å². The fourth-order valence-corrected chi connectivity index (χ4v) is 1.55. The number of nitrogen functional groups attached to an aromatic ring is 1. The van der Waals surface area contributed by atoms with Crippen LogP contribution >= 0.6 is 0 Å². The highest BCUT2D eigenvalue weighted by atomic mass is 16.5. The van der Waals surface area contributed by atoms with Crippen molar-refractivity contribution in [2.45, 2.75) is 13.5 Å². The van der Waals surface area contributed by atoms with Crippen molar-refractivity contribution in [3.8, 4) is 5.75 Å². The van der Waals surface area contributed by atoms with Crippen molar-refractivity contribution >= 4 is 11.6 Å². The average Bonchev–Trinajstić information content (AvgIpc) is 2.81. The molecule has 19 heavy (non-hydrogen) atoms. The lowest BCUT2D eigenvalue weighted by Gasteiger charge is -2.07. The molecule has 2 aromatic rings. The lowest BCUT2D eigenvalue weighted by molar-refractivity contribution is 0.0949. The van der Waals surface area contributed by atoms with E-state index in [1.165, 1.54) is 7.11 Å². The molecule has 2 rings (SSSR count). The first-order valence-corrected chi connectivity index (χ1v) is 5.61. The standard InChI is InChI=1S/C12H14N4O3/c1-7-15-11(16-19-7)6-14-12(17)8-3-4-10(18-2)9(13)5-8/h3-5H,6,13H2,1-2H3,(H,14,17). The molecule has 0 saturated carbocycles. The summed E-state index contributed by atoms with van der Waals surface area (Å²) in [6, 6.07) is 4.82. The molecular formula is C12H14N4O3. The van der Waals surface area contributed by atoms with Gasteiger partial charge in [-0.3, -0.25) is 4.79 Å². The fraction of sp³-hybridized carbons (Fsp3) is 0.250. The Morgan fingerprint density at radius 1 is 1.53 bits per heavy atom. The SMILES string of the molecule is COc1ccc(C(=O)NCc2noc(C)n2)cc1N. The molecule has 7 nitrogen and oxygen atoms in total. The second-order valence-electron chi connectivity index (χ2n) is 3.87. The molecule has 3 N–H and O–H groups in total. The monoisotopic (exact) mass is 262 g/mol. The molecule has 0 aliphatic carbocycles. The van der Waals surface area contributed by atoms with Crippen LogP contribution < -0.4 is 15.8 Å². The number of carbonyl (C=O) groups is 1. The van der Waals surface area contributed by atoms with Crippen LogP contribution in [0.1, 0.15) is 22.1 Å². The van der Waals surface area contributed by atoms with Crippen LogP contribution in [-0.4, -0.2) is 23.2 Å². The molecule has 1 heterocycles. The topological polar surface area (TPSA) is 103 Å². The number of anilines is 1. The summed E-state index contributed by atoms with van der Waals surface area (Å²) in [5.41, 5.74) is 6.59. The van der Waals surface area contributed by atoms with Crippen LogP contribution in [0, 0.1) is 6.92 Å². The molecule has 0 aliphatic rings. The Bertz CT molecular complexity index is 594. The third-order valence-corrected chi connectivity index (χ3v) is 2.47. The summed E-state index contributed by atoms with van der Waals surface area (Å²) in [6.07, 6.45) is 0. The lowest BCUT2D eigenvalue weighted by atomic mass is 10.2. The molecule has 0 radical (unpaired) electrons. The number of rotatable bonds is 4. The number of aromatic nitrogens is 2. The molecule has 0 atom stereocenters. The van der Waals surface area contributed by atoms with Crippen LogP contribution in [-0.2, 0) is 6.54 Å². The van der Waals surface area contributed by atoms with Crippen molar-refractivity contribution in [2.75, 3.05) is 12.8 Å². The maximum atomic E-state index is 11.9. The maximum Gasteiger partial charge on any atom is 0.251 e. The molecule has 0 spiro atoms. The molecule has 7 heteroatoms. The highest BCUT2D eigenvalue weighted by Gasteiger charge is 2.10. The third kappa shape index (κ3) is 3.01. The summed E-state index contributed by atoms with van der Waals surface area (Å²) in [5, 5.41) is 6.35. The van der Waals surface area contributed by atoms with Gasteiger partial charge in [-0.25, -0.2) is 0 Å². The molecule has 0 unspecified atom stereocenters. The molecule has 1 aromatic carbocycles. The van der Waals surface area contributed by atoms with Gasteiger partial charge in [-0.05, 0) is 18.2 Å². The Morgan fingerprint density at radius 3 is 2.89 bits per heavy atom. The summed E-state index contributed by atoms with van der Waals surface area (Å²) >= 11 is 0. The minimum atomic E-state index is -0.267. The van der Waals surface area contributed by atoms with E-state index in [1.807, 2.05) is 0 Å². The highest BCUT2D eigenvalue weighted by Crippen LogP contribution is 2.21. The normalized spacial score (nSPS) is 10.2. The molecular weight excluding hydrogens is 248 g/mol. The van der Waals surface area contributed by atoms with Crippen LogP contribution in [0.5, 0.6) is 5.75 Å². The number of benzene rings is 1. The van der Waals surface area contributed by atoms with Crippen LogP contribution in [0.25, 0.3) is 0 Å². The highest BCUT2D eigenvalue weighted by molar-refractivity contribution is 5.95. The second kappa shape index (κ2) is 5.38. The number of hydrogen-bond donors (Lipinski definition) is 2. The van der Waals surface area contributed by atoms with Crippen LogP contribution in [0.4, 0.5) is 5.69 Å². The number of hydrogen-bond acceptors (Lipinski definition) is 6. The third-order valence-electron chi connectivity index (χ3n) is 2.47. The van der Waals surface area contributed by atoms with Crippen LogP contribution in [0.2, 0.25) is 0 Å². The summed E-state index contributed by atoms with van der Waals surface area (Å²) in [5.74, 6) is 1.15. The number of nitrogens with zero attached hydrogens (tertiary/aromatic N) is 2. The first-order chi connectivity index (χ1) is 9.10. The molecule has 100 valence electrons. The van der Waals surface area contributed by atoms with E-state index in [2.05, 4.69) is 15.5 Å². The fourth-order valence-electron chi connectivity index (χ4n) is 1.55. The predicted octanol–water partition coefficient (Wildman–Crippen LogP) is 0.899. The van der Waals surface area contributed by atoms with Crippen LogP contribution in [0.15, 0.2) is 22.7 Å². The summed E-state index contributed by atoms with van der Waals surface area (Å²) in [7, 11) is 1.52. The van der Waals surface area contributed by atoms with E-state index in [0.717, 1.165) is 0 Å². The summed E-state index contributed by atoms with van der Waals surface area (Å²) < 4.78 is 9.83. The van der Waals surface area contributed by atoms with E-state index in [1.54, 1.807) is 25.1 Å². The van der Waals surface area contributed by atoms with Crippen molar-refractivity contribution < 1.29 is 14.1 Å². The minimum Gasteiger partial charge on any atom is -0.495 e. The Hall–Kier alpha value is -2.57. The predicted molar refractivity (Wildman–Crippen MR) is 67.6 cm³/mol. The van der Waals surface area contributed by atoms with E-state index in [-0.39, 0.29) is 12.5 Å². The Labute approximate surface area is 109 Å². The number of nitrogens with two attached hydrogens (primary N) is 1. The van der Waals surface area contributed by atoms with Gasteiger partial charge in [0, 0.05) is 12.5 Å². The zero-order valence-corrected chi connectivity index (χ0v) is 10.6.